The van der Waals surface area contributed by atoms with Crippen LogP contribution in [0.3, 0.4) is 0 Å². The SMILES string of the molecule is C[C@@H](O)c1ccccc1OCCc1ccsc1. The summed E-state index contributed by atoms with van der Waals surface area (Å²) in [6.45, 7) is 2.39. The third kappa shape index (κ3) is 3.32. The monoisotopic (exact) mass is 248 g/mol. The standard InChI is InChI=1S/C14H16O2S/c1-11(15)13-4-2-3-5-14(13)16-8-6-12-7-9-17-10-12/h2-5,7,9-11,15H,6,8H2,1H3/t11-/m1/s1. The average Bonchev–Trinajstić information content (AvgIpc) is 2.82. The molecule has 0 aliphatic rings. The van der Waals surface area contributed by atoms with Crippen molar-refractivity contribution >= 4 is 11.3 Å². The number of rotatable bonds is 5. The van der Waals surface area contributed by atoms with Gasteiger partial charge in [-0.2, -0.15) is 11.3 Å². The van der Waals surface area contributed by atoms with Gasteiger partial charge in [0, 0.05) is 12.0 Å². The molecule has 0 radical (unpaired) electrons. The third-order valence-corrected chi connectivity index (χ3v) is 3.33. The highest BCUT2D eigenvalue weighted by atomic mass is 32.1. The molecule has 2 rings (SSSR count). The molecule has 2 aromatic rings. The second-order valence-electron chi connectivity index (χ2n) is 3.94. The molecule has 1 heterocycles. The topological polar surface area (TPSA) is 29.5 Å². The number of aliphatic hydroxyl groups excluding tert-OH is 1. The minimum Gasteiger partial charge on any atom is -0.493 e. The van der Waals surface area contributed by atoms with E-state index in [0.717, 1.165) is 17.7 Å². The zero-order valence-electron chi connectivity index (χ0n) is 9.80. The summed E-state index contributed by atoms with van der Waals surface area (Å²) in [4.78, 5) is 0. The third-order valence-electron chi connectivity index (χ3n) is 2.60. The van der Waals surface area contributed by atoms with Crippen LogP contribution in [0.2, 0.25) is 0 Å². The van der Waals surface area contributed by atoms with E-state index in [1.54, 1.807) is 18.3 Å². The Morgan fingerprint density at radius 2 is 2.12 bits per heavy atom. The Labute approximate surface area is 105 Å². The van der Waals surface area contributed by atoms with E-state index in [1.807, 2.05) is 24.3 Å². The van der Waals surface area contributed by atoms with Gasteiger partial charge in [-0.25, -0.2) is 0 Å². The molecule has 0 spiro atoms. The van der Waals surface area contributed by atoms with Gasteiger partial charge < -0.3 is 9.84 Å². The first-order valence-electron chi connectivity index (χ1n) is 5.68. The van der Waals surface area contributed by atoms with Crippen LogP contribution in [0.1, 0.15) is 24.2 Å². The first-order chi connectivity index (χ1) is 8.27. The van der Waals surface area contributed by atoms with Gasteiger partial charge in [-0.05, 0) is 35.4 Å². The number of benzene rings is 1. The molecule has 0 bridgehead atoms. The van der Waals surface area contributed by atoms with Crippen molar-refractivity contribution in [3.63, 3.8) is 0 Å². The lowest BCUT2D eigenvalue weighted by atomic mass is 10.1. The summed E-state index contributed by atoms with van der Waals surface area (Å²) in [5.74, 6) is 0.776. The van der Waals surface area contributed by atoms with Gasteiger partial charge in [0.25, 0.3) is 0 Å². The fraction of sp³-hybridized carbons (Fsp3) is 0.286. The van der Waals surface area contributed by atoms with Crippen LogP contribution in [-0.4, -0.2) is 11.7 Å². The molecule has 0 saturated heterocycles. The molecule has 1 aromatic carbocycles. The maximum atomic E-state index is 9.61. The maximum Gasteiger partial charge on any atom is 0.125 e. The lowest BCUT2D eigenvalue weighted by molar-refractivity contribution is 0.191. The van der Waals surface area contributed by atoms with E-state index in [2.05, 4.69) is 16.8 Å². The van der Waals surface area contributed by atoms with Crippen molar-refractivity contribution in [1.29, 1.82) is 0 Å². The Balaban J connectivity index is 1.94. The number of para-hydroxylation sites is 1. The Bertz CT molecular complexity index is 449. The molecular weight excluding hydrogens is 232 g/mol. The Morgan fingerprint density at radius 1 is 1.29 bits per heavy atom. The molecule has 17 heavy (non-hydrogen) atoms. The van der Waals surface area contributed by atoms with E-state index in [9.17, 15) is 5.11 Å². The van der Waals surface area contributed by atoms with Gasteiger partial charge in [0.15, 0.2) is 0 Å². The van der Waals surface area contributed by atoms with E-state index in [4.69, 9.17) is 4.74 Å². The van der Waals surface area contributed by atoms with Crippen molar-refractivity contribution in [2.24, 2.45) is 0 Å². The van der Waals surface area contributed by atoms with Gasteiger partial charge in [-0.3, -0.25) is 0 Å². The number of ether oxygens (including phenoxy) is 1. The van der Waals surface area contributed by atoms with Gasteiger partial charge in [-0.1, -0.05) is 18.2 Å². The minimum atomic E-state index is -0.493. The number of hydrogen-bond acceptors (Lipinski definition) is 3. The molecule has 1 N–H and O–H groups in total. The van der Waals surface area contributed by atoms with Crippen LogP contribution in [0.15, 0.2) is 41.1 Å². The summed E-state index contributed by atoms with van der Waals surface area (Å²) in [5.41, 5.74) is 2.14. The van der Waals surface area contributed by atoms with Gasteiger partial charge in [-0.15, -0.1) is 0 Å². The van der Waals surface area contributed by atoms with Crippen molar-refractivity contribution in [2.45, 2.75) is 19.4 Å². The molecule has 0 saturated carbocycles. The molecule has 1 aromatic heterocycles. The van der Waals surface area contributed by atoms with Crippen molar-refractivity contribution in [2.75, 3.05) is 6.61 Å². The Morgan fingerprint density at radius 3 is 2.82 bits per heavy atom. The fourth-order valence-corrected chi connectivity index (χ4v) is 2.37. The number of aliphatic hydroxyl groups is 1. The fourth-order valence-electron chi connectivity index (χ4n) is 1.67. The zero-order chi connectivity index (χ0) is 12.1. The molecule has 90 valence electrons. The van der Waals surface area contributed by atoms with Gasteiger partial charge in [0.1, 0.15) is 5.75 Å². The normalized spacial score (nSPS) is 12.4. The minimum absolute atomic E-state index is 0.493. The summed E-state index contributed by atoms with van der Waals surface area (Å²) < 4.78 is 5.72. The van der Waals surface area contributed by atoms with E-state index < -0.39 is 6.10 Å². The molecule has 3 heteroatoms. The van der Waals surface area contributed by atoms with Crippen LogP contribution in [0.25, 0.3) is 0 Å². The lowest BCUT2D eigenvalue weighted by Gasteiger charge is -2.12. The van der Waals surface area contributed by atoms with Crippen molar-refractivity contribution < 1.29 is 9.84 Å². The second kappa shape index (κ2) is 5.84. The highest BCUT2D eigenvalue weighted by molar-refractivity contribution is 7.07. The zero-order valence-corrected chi connectivity index (χ0v) is 10.6. The van der Waals surface area contributed by atoms with E-state index in [-0.39, 0.29) is 0 Å². The van der Waals surface area contributed by atoms with Crippen LogP contribution < -0.4 is 4.74 Å². The molecule has 0 aliphatic heterocycles. The van der Waals surface area contributed by atoms with Crippen LogP contribution in [0, 0.1) is 0 Å². The molecule has 0 unspecified atom stereocenters. The number of hydrogen-bond donors (Lipinski definition) is 1. The molecular formula is C14H16O2S. The van der Waals surface area contributed by atoms with E-state index in [0.29, 0.717) is 6.61 Å². The van der Waals surface area contributed by atoms with E-state index >= 15 is 0 Å². The van der Waals surface area contributed by atoms with Crippen molar-refractivity contribution in [3.8, 4) is 5.75 Å². The predicted octanol–water partition coefficient (Wildman–Crippen LogP) is 3.42. The summed E-state index contributed by atoms with van der Waals surface area (Å²) >= 11 is 1.70. The lowest BCUT2D eigenvalue weighted by Crippen LogP contribution is -2.04. The Hall–Kier alpha value is -1.32. The largest absolute Gasteiger partial charge is 0.493 e. The average molecular weight is 248 g/mol. The Kier molecular flexibility index (Phi) is 4.18. The van der Waals surface area contributed by atoms with Gasteiger partial charge in [0.2, 0.25) is 0 Å². The summed E-state index contributed by atoms with van der Waals surface area (Å²) in [7, 11) is 0. The predicted molar refractivity (Wildman–Crippen MR) is 70.6 cm³/mol. The molecule has 0 amide bonds. The second-order valence-corrected chi connectivity index (χ2v) is 4.72. The summed E-state index contributed by atoms with van der Waals surface area (Å²) in [6.07, 6.45) is 0.407. The van der Waals surface area contributed by atoms with Crippen LogP contribution in [-0.2, 0) is 6.42 Å². The van der Waals surface area contributed by atoms with E-state index in [1.165, 1.54) is 5.56 Å². The molecule has 0 aliphatic carbocycles. The van der Waals surface area contributed by atoms with Crippen LogP contribution >= 0.6 is 11.3 Å². The van der Waals surface area contributed by atoms with Crippen molar-refractivity contribution in [1.82, 2.24) is 0 Å². The quantitative estimate of drug-likeness (QED) is 0.878. The maximum absolute atomic E-state index is 9.61. The molecule has 2 nitrogen and oxygen atoms in total. The first kappa shape index (κ1) is 12.1. The summed E-state index contributed by atoms with van der Waals surface area (Å²) in [5, 5.41) is 13.8. The number of thiophene rings is 1. The van der Waals surface area contributed by atoms with Gasteiger partial charge >= 0.3 is 0 Å². The first-order valence-corrected chi connectivity index (χ1v) is 6.62. The highest BCUT2D eigenvalue weighted by Crippen LogP contribution is 2.24. The van der Waals surface area contributed by atoms with Crippen LogP contribution in [0.4, 0.5) is 0 Å². The summed E-state index contributed by atoms with van der Waals surface area (Å²) in [6, 6.07) is 9.73. The molecule has 0 fully saturated rings. The highest BCUT2D eigenvalue weighted by Gasteiger charge is 2.07. The van der Waals surface area contributed by atoms with Crippen molar-refractivity contribution in [3.05, 3.63) is 52.2 Å². The smallest absolute Gasteiger partial charge is 0.125 e. The molecule has 1 atom stereocenters. The van der Waals surface area contributed by atoms with Crippen LogP contribution in [0.5, 0.6) is 5.75 Å². The van der Waals surface area contributed by atoms with Gasteiger partial charge in [0.05, 0.1) is 12.7 Å².